The molecule has 1 fully saturated rings. The third kappa shape index (κ3) is 6.01. The summed E-state index contributed by atoms with van der Waals surface area (Å²) in [6.07, 6.45) is 5.26. The Bertz CT molecular complexity index is 247. The summed E-state index contributed by atoms with van der Waals surface area (Å²) in [5, 5.41) is 4.50. The van der Waals surface area contributed by atoms with Gasteiger partial charge in [-0.1, -0.05) is 26.7 Å². The first-order valence-electron chi connectivity index (χ1n) is 7.19. The monoisotopic (exact) mass is 271 g/mol. The van der Waals surface area contributed by atoms with E-state index in [9.17, 15) is 0 Å². The van der Waals surface area contributed by atoms with Crippen molar-refractivity contribution < 1.29 is 0 Å². The maximum absolute atomic E-state index is 5.58. The molecule has 18 heavy (non-hydrogen) atoms. The minimum atomic E-state index is 0.617. The van der Waals surface area contributed by atoms with E-state index in [0.29, 0.717) is 12.0 Å². The molecule has 4 heteroatoms. The van der Waals surface area contributed by atoms with Crippen LogP contribution in [0.4, 0.5) is 0 Å². The average molecular weight is 271 g/mol. The molecule has 0 aliphatic heterocycles. The minimum Gasteiger partial charge on any atom is -0.360 e. The highest BCUT2D eigenvalue weighted by molar-refractivity contribution is 7.80. The molecule has 106 valence electrons. The second kappa shape index (κ2) is 7.95. The zero-order valence-electron chi connectivity index (χ0n) is 12.4. The number of nitrogens with zero attached hydrogens (tertiary/aromatic N) is 2. The fourth-order valence-corrected chi connectivity index (χ4v) is 2.71. The average Bonchev–Trinajstić information content (AvgIpc) is 2.76. The number of rotatable bonds is 6. The number of nitrogens with one attached hydrogen (secondary N) is 1. The smallest absolute Gasteiger partial charge is 0.169 e. The highest BCUT2D eigenvalue weighted by atomic mass is 32.1. The molecule has 1 aliphatic carbocycles. The fourth-order valence-electron chi connectivity index (χ4n) is 2.37. The van der Waals surface area contributed by atoms with E-state index in [2.05, 4.69) is 43.1 Å². The van der Waals surface area contributed by atoms with E-state index in [1.165, 1.54) is 25.7 Å². The highest BCUT2D eigenvalue weighted by Crippen LogP contribution is 2.18. The van der Waals surface area contributed by atoms with E-state index in [-0.39, 0.29) is 0 Å². The van der Waals surface area contributed by atoms with E-state index in [0.717, 1.165) is 24.7 Å². The lowest BCUT2D eigenvalue weighted by Gasteiger charge is -2.30. The van der Waals surface area contributed by atoms with Crippen molar-refractivity contribution in [1.29, 1.82) is 0 Å². The van der Waals surface area contributed by atoms with Crippen molar-refractivity contribution in [1.82, 2.24) is 15.1 Å². The molecule has 1 aliphatic rings. The minimum absolute atomic E-state index is 0.617. The van der Waals surface area contributed by atoms with Gasteiger partial charge in [0.15, 0.2) is 5.11 Å². The molecule has 0 spiro atoms. The van der Waals surface area contributed by atoms with E-state index in [1.807, 2.05) is 0 Å². The van der Waals surface area contributed by atoms with Crippen molar-refractivity contribution >= 4 is 17.3 Å². The van der Waals surface area contributed by atoms with Gasteiger partial charge in [0.05, 0.1) is 0 Å². The summed E-state index contributed by atoms with van der Waals surface area (Å²) in [5.41, 5.74) is 0. The topological polar surface area (TPSA) is 18.5 Å². The first kappa shape index (κ1) is 15.7. The van der Waals surface area contributed by atoms with Crippen molar-refractivity contribution in [3.63, 3.8) is 0 Å². The van der Waals surface area contributed by atoms with Gasteiger partial charge in [-0.05, 0) is 45.1 Å². The van der Waals surface area contributed by atoms with Crippen LogP contribution in [0.15, 0.2) is 0 Å². The van der Waals surface area contributed by atoms with E-state index >= 15 is 0 Å². The van der Waals surface area contributed by atoms with Crippen molar-refractivity contribution in [2.45, 2.75) is 45.6 Å². The molecule has 0 atom stereocenters. The Morgan fingerprint density at radius 1 is 1.22 bits per heavy atom. The quantitative estimate of drug-likeness (QED) is 0.747. The van der Waals surface area contributed by atoms with Crippen LogP contribution in [-0.2, 0) is 0 Å². The van der Waals surface area contributed by atoms with E-state index in [1.54, 1.807) is 0 Å². The van der Waals surface area contributed by atoms with Crippen LogP contribution in [0.1, 0.15) is 39.5 Å². The molecule has 0 radical (unpaired) electrons. The SMILES string of the molecule is CC(C)CN(CCN(C)C)C(=S)NC1CCCC1. The first-order valence-corrected chi connectivity index (χ1v) is 7.60. The van der Waals surface area contributed by atoms with Gasteiger partial charge in [-0.2, -0.15) is 0 Å². The van der Waals surface area contributed by atoms with Gasteiger partial charge in [0.25, 0.3) is 0 Å². The second-order valence-corrected chi connectivity index (χ2v) is 6.46. The van der Waals surface area contributed by atoms with Crippen molar-refractivity contribution in [3.8, 4) is 0 Å². The van der Waals surface area contributed by atoms with Gasteiger partial charge < -0.3 is 15.1 Å². The molecule has 0 bridgehead atoms. The number of likely N-dealkylation sites (N-methyl/N-ethyl adjacent to an activating group) is 1. The van der Waals surface area contributed by atoms with Crippen molar-refractivity contribution in [2.24, 2.45) is 5.92 Å². The van der Waals surface area contributed by atoms with Gasteiger partial charge in [-0.3, -0.25) is 0 Å². The summed E-state index contributed by atoms with van der Waals surface area (Å²) in [6.45, 7) is 7.62. The lowest BCUT2D eigenvalue weighted by molar-refractivity contribution is 0.302. The molecule has 1 N–H and O–H groups in total. The summed E-state index contributed by atoms with van der Waals surface area (Å²) >= 11 is 5.58. The lowest BCUT2D eigenvalue weighted by atomic mass is 10.2. The Morgan fingerprint density at radius 2 is 1.83 bits per heavy atom. The Kier molecular flexibility index (Phi) is 6.94. The van der Waals surface area contributed by atoms with Crippen LogP contribution in [0.2, 0.25) is 0 Å². The maximum Gasteiger partial charge on any atom is 0.169 e. The molecular weight excluding hydrogens is 242 g/mol. The fraction of sp³-hybridized carbons (Fsp3) is 0.929. The van der Waals surface area contributed by atoms with Gasteiger partial charge in [0.2, 0.25) is 0 Å². The zero-order chi connectivity index (χ0) is 13.5. The molecule has 1 rings (SSSR count). The maximum atomic E-state index is 5.58. The molecule has 0 saturated heterocycles. The second-order valence-electron chi connectivity index (χ2n) is 6.07. The third-order valence-corrected chi connectivity index (χ3v) is 3.75. The van der Waals surface area contributed by atoms with Gasteiger partial charge >= 0.3 is 0 Å². The predicted octanol–water partition coefficient (Wildman–Crippen LogP) is 2.32. The summed E-state index contributed by atoms with van der Waals surface area (Å²) in [7, 11) is 4.22. The van der Waals surface area contributed by atoms with Gasteiger partial charge in [-0.15, -0.1) is 0 Å². The Hall–Kier alpha value is -0.350. The molecule has 0 amide bonds. The first-order chi connectivity index (χ1) is 8.49. The number of thiocarbonyl (C=S) groups is 1. The van der Waals surface area contributed by atoms with Crippen LogP contribution in [0.25, 0.3) is 0 Å². The van der Waals surface area contributed by atoms with Gasteiger partial charge in [0, 0.05) is 25.7 Å². The van der Waals surface area contributed by atoms with Gasteiger partial charge in [0.1, 0.15) is 0 Å². The molecule has 0 aromatic rings. The number of hydrogen-bond donors (Lipinski definition) is 1. The van der Waals surface area contributed by atoms with Crippen LogP contribution in [0.5, 0.6) is 0 Å². The highest BCUT2D eigenvalue weighted by Gasteiger charge is 2.18. The normalized spacial score (nSPS) is 16.6. The predicted molar refractivity (Wildman–Crippen MR) is 83.0 cm³/mol. The molecule has 0 aromatic carbocycles. The molecule has 1 saturated carbocycles. The number of hydrogen-bond acceptors (Lipinski definition) is 2. The Labute approximate surface area is 118 Å². The molecule has 0 heterocycles. The van der Waals surface area contributed by atoms with Crippen LogP contribution in [-0.4, -0.2) is 54.7 Å². The van der Waals surface area contributed by atoms with Crippen LogP contribution in [0, 0.1) is 5.92 Å². The molecule has 0 unspecified atom stereocenters. The lowest BCUT2D eigenvalue weighted by Crippen LogP contribution is -2.47. The van der Waals surface area contributed by atoms with Crippen LogP contribution in [0.3, 0.4) is 0 Å². The van der Waals surface area contributed by atoms with Crippen molar-refractivity contribution in [2.75, 3.05) is 33.7 Å². The standard InChI is InChI=1S/C14H29N3S/c1-12(2)11-17(10-9-16(3)4)14(18)15-13-7-5-6-8-13/h12-13H,5-11H2,1-4H3,(H,15,18). The van der Waals surface area contributed by atoms with Gasteiger partial charge in [-0.25, -0.2) is 0 Å². The van der Waals surface area contributed by atoms with Crippen LogP contribution < -0.4 is 5.32 Å². The molecule has 3 nitrogen and oxygen atoms in total. The van der Waals surface area contributed by atoms with E-state index in [4.69, 9.17) is 12.2 Å². The summed E-state index contributed by atoms with van der Waals surface area (Å²) in [5.74, 6) is 0.649. The molecule has 0 aromatic heterocycles. The summed E-state index contributed by atoms with van der Waals surface area (Å²) < 4.78 is 0. The third-order valence-electron chi connectivity index (χ3n) is 3.37. The van der Waals surface area contributed by atoms with Crippen molar-refractivity contribution in [3.05, 3.63) is 0 Å². The zero-order valence-corrected chi connectivity index (χ0v) is 13.2. The Balaban J connectivity index is 2.43. The largest absolute Gasteiger partial charge is 0.360 e. The summed E-state index contributed by atoms with van der Waals surface area (Å²) in [6, 6.07) is 0.617. The van der Waals surface area contributed by atoms with Crippen LogP contribution >= 0.6 is 12.2 Å². The Morgan fingerprint density at radius 3 is 2.33 bits per heavy atom. The summed E-state index contributed by atoms with van der Waals surface area (Å²) in [4.78, 5) is 4.55. The molecular formula is C14H29N3S. The van der Waals surface area contributed by atoms with E-state index < -0.39 is 0 Å².